The van der Waals surface area contributed by atoms with Gasteiger partial charge >= 0.3 is 0 Å². The molecule has 3 amide bonds. The molecule has 0 unspecified atom stereocenters. The van der Waals surface area contributed by atoms with E-state index in [0.29, 0.717) is 34.5 Å². The molecule has 202 valence electrons. The van der Waals surface area contributed by atoms with Crippen LogP contribution in [0, 0.1) is 35.5 Å². The van der Waals surface area contributed by atoms with Crippen LogP contribution in [0.1, 0.15) is 43.1 Å². The second-order valence-corrected chi connectivity index (χ2v) is 12.6. The number of hydrogen-bond acceptors (Lipinski definition) is 4. The van der Waals surface area contributed by atoms with Crippen LogP contribution in [0.3, 0.4) is 0 Å². The van der Waals surface area contributed by atoms with Crippen molar-refractivity contribution in [1.29, 1.82) is 0 Å². The molecule has 3 aromatic carbocycles. The van der Waals surface area contributed by atoms with E-state index in [1.807, 2.05) is 12.1 Å². The van der Waals surface area contributed by atoms with Gasteiger partial charge in [-0.1, -0.05) is 51.1 Å². The molecule has 1 aliphatic heterocycles. The summed E-state index contributed by atoms with van der Waals surface area (Å²) >= 11 is 0. The molecular formula is C34H32N2O4. The lowest BCUT2D eigenvalue weighted by Crippen LogP contribution is -2.40. The number of nitrogens with zero attached hydrogens (tertiary/aromatic N) is 1. The Bertz CT molecular complexity index is 1510. The van der Waals surface area contributed by atoms with Crippen molar-refractivity contribution in [3.05, 3.63) is 96.1 Å². The van der Waals surface area contributed by atoms with E-state index in [1.54, 1.807) is 48.5 Å². The van der Waals surface area contributed by atoms with Crippen LogP contribution in [0.4, 0.5) is 11.4 Å². The Morgan fingerprint density at radius 3 is 1.98 bits per heavy atom. The van der Waals surface area contributed by atoms with Gasteiger partial charge in [0.1, 0.15) is 11.5 Å². The molecule has 6 heteroatoms. The normalized spacial score (nSPS) is 27.8. The summed E-state index contributed by atoms with van der Waals surface area (Å²) in [5, 5.41) is 2.91. The summed E-state index contributed by atoms with van der Waals surface area (Å²) in [7, 11) is 0. The first kappa shape index (κ1) is 24.8. The number of amides is 3. The monoisotopic (exact) mass is 532 g/mol. The average molecular weight is 533 g/mol. The predicted octanol–water partition coefficient (Wildman–Crippen LogP) is 6.59. The molecule has 8 rings (SSSR count). The van der Waals surface area contributed by atoms with E-state index in [9.17, 15) is 14.4 Å². The molecule has 3 aromatic rings. The zero-order valence-electron chi connectivity index (χ0n) is 22.8. The van der Waals surface area contributed by atoms with Gasteiger partial charge in [0.2, 0.25) is 11.8 Å². The molecule has 2 saturated carbocycles. The minimum Gasteiger partial charge on any atom is -0.457 e. The number of allylic oxidation sites excluding steroid dienone is 2. The molecule has 0 radical (unpaired) electrons. The maximum absolute atomic E-state index is 13.5. The predicted molar refractivity (Wildman–Crippen MR) is 153 cm³/mol. The number of benzene rings is 3. The van der Waals surface area contributed by atoms with E-state index in [1.165, 1.54) is 10.5 Å². The topological polar surface area (TPSA) is 75.7 Å². The summed E-state index contributed by atoms with van der Waals surface area (Å²) in [4.78, 5) is 41.3. The van der Waals surface area contributed by atoms with E-state index >= 15 is 0 Å². The molecule has 4 aliphatic carbocycles. The highest BCUT2D eigenvalue weighted by Crippen LogP contribution is 2.65. The summed E-state index contributed by atoms with van der Waals surface area (Å²) in [6, 6.07) is 22.0. The number of hydrogen-bond donors (Lipinski definition) is 1. The third-order valence-electron chi connectivity index (χ3n) is 9.10. The highest BCUT2D eigenvalue weighted by Gasteiger charge is 2.67. The molecule has 0 aromatic heterocycles. The number of carbonyl (C=O) groups is 3. The molecule has 6 nitrogen and oxygen atoms in total. The molecule has 1 heterocycles. The lowest BCUT2D eigenvalue weighted by molar-refractivity contribution is -0.124. The second kappa shape index (κ2) is 8.91. The first-order chi connectivity index (χ1) is 19.2. The van der Waals surface area contributed by atoms with Crippen molar-refractivity contribution in [2.45, 2.75) is 32.6 Å². The summed E-state index contributed by atoms with van der Waals surface area (Å²) in [6.07, 6.45) is 5.46. The van der Waals surface area contributed by atoms with Gasteiger partial charge in [0, 0.05) is 11.3 Å². The Balaban J connectivity index is 1.03. The van der Waals surface area contributed by atoms with Crippen molar-refractivity contribution < 1.29 is 19.1 Å². The Morgan fingerprint density at radius 1 is 0.825 bits per heavy atom. The zero-order valence-corrected chi connectivity index (χ0v) is 22.8. The third kappa shape index (κ3) is 4.05. The number of anilines is 2. The summed E-state index contributed by atoms with van der Waals surface area (Å²) < 4.78 is 5.97. The van der Waals surface area contributed by atoms with E-state index in [-0.39, 0.29) is 46.8 Å². The Morgan fingerprint density at radius 2 is 1.40 bits per heavy atom. The molecule has 2 bridgehead atoms. The standard InChI is InChI=1S/C34H32N2O4/c1-34(2,3)20-7-11-23(12-8-20)40-24-13-9-21(10-14-24)35-31(37)19-5-4-6-22(17-19)36-32(38)29-25-15-16-26(28-18-27(25)28)30(29)33(36)39/h4-17,25-30H,18H2,1-3H3,(H,35,37)/t25-,26-,27-,28-,29-,30+/m0/s1. The number of imide groups is 1. The van der Waals surface area contributed by atoms with Crippen LogP contribution in [0.25, 0.3) is 0 Å². The molecule has 40 heavy (non-hydrogen) atoms. The van der Waals surface area contributed by atoms with Crippen LogP contribution >= 0.6 is 0 Å². The van der Waals surface area contributed by atoms with Gasteiger partial charge < -0.3 is 10.1 Å². The SMILES string of the molecule is CC(C)(C)c1ccc(Oc2ccc(NC(=O)c3cccc(N4C(=O)[C@@H]5[C@H]6C=C[C@@H]([C@@H]7C[C@@H]67)[C@@H]5C4=O)c3)cc2)cc1. The molecule has 0 spiro atoms. The number of rotatable bonds is 5. The summed E-state index contributed by atoms with van der Waals surface area (Å²) in [5.41, 5.74) is 2.78. The van der Waals surface area contributed by atoms with Crippen LogP contribution in [-0.2, 0) is 15.0 Å². The van der Waals surface area contributed by atoms with E-state index in [0.717, 1.165) is 12.2 Å². The number of carbonyl (C=O) groups excluding carboxylic acids is 3. The van der Waals surface area contributed by atoms with Crippen molar-refractivity contribution in [3.8, 4) is 11.5 Å². The van der Waals surface area contributed by atoms with Crippen molar-refractivity contribution in [1.82, 2.24) is 0 Å². The Kier molecular flexibility index (Phi) is 5.53. The van der Waals surface area contributed by atoms with Crippen LogP contribution in [-0.4, -0.2) is 17.7 Å². The van der Waals surface area contributed by atoms with Gasteiger partial charge in [0.25, 0.3) is 5.91 Å². The van der Waals surface area contributed by atoms with E-state index < -0.39 is 0 Å². The Labute approximate surface area is 234 Å². The van der Waals surface area contributed by atoms with Crippen LogP contribution in [0.15, 0.2) is 84.9 Å². The van der Waals surface area contributed by atoms with Gasteiger partial charge in [0.15, 0.2) is 0 Å². The highest BCUT2D eigenvalue weighted by atomic mass is 16.5. The molecule has 6 atom stereocenters. The minimum absolute atomic E-state index is 0.0766. The quantitative estimate of drug-likeness (QED) is 0.297. The zero-order chi connectivity index (χ0) is 27.8. The first-order valence-electron chi connectivity index (χ1n) is 14.0. The fraction of sp³-hybridized carbons (Fsp3) is 0.324. The molecule has 1 saturated heterocycles. The van der Waals surface area contributed by atoms with Crippen LogP contribution < -0.4 is 15.0 Å². The van der Waals surface area contributed by atoms with Gasteiger partial charge in [-0.05, 0) is 95.7 Å². The van der Waals surface area contributed by atoms with E-state index in [4.69, 9.17) is 4.74 Å². The lowest BCUT2D eigenvalue weighted by atomic mass is 9.63. The van der Waals surface area contributed by atoms with Crippen molar-refractivity contribution >= 4 is 29.1 Å². The molecular weight excluding hydrogens is 500 g/mol. The smallest absolute Gasteiger partial charge is 0.255 e. The number of nitrogens with one attached hydrogen (secondary N) is 1. The maximum Gasteiger partial charge on any atom is 0.255 e. The summed E-state index contributed by atoms with van der Waals surface area (Å²) in [6.45, 7) is 6.52. The third-order valence-corrected chi connectivity index (χ3v) is 9.10. The first-order valence-corrected chi connectivity index (χ1v) is 14.0. The van der Waals surface area contributed by atoms with Gasteiger partial charge in [-0.2, -0.15) is 0 Å². The van der Waals surface area contributed by atoms with Crippen molar-refractivity contribution in [3.63, 3.8) is 0 Å². The Hall–Kier alpha value is -4.19. The van der Waals surface area contributed by atoms with Crippen molar-refractivity contribution in [2.24, 2.45) is 35.5 Å². The number of ether oxygens (including phenoxy) is 1. The molecule has 3 fully saturated rings. The second-order valence-electron chi connectivity index (χ2n) is 12.6. The molecule has 5 aliphatic rings. The van der Waals surface area contributed by atoms with Gasteiger partial charge in [-0.3, -0.25) is 14.4 Å². The largest absolute Gasteiger partial charge is 0.457 e. The average Bonchev–Trinajstić information content (AvgIpc) is 3.72. The fourth-order valence-electron chi connectivity index (χ4n) is 6.97. The van der Waals surface area contributed by atoms with Crippen molar-refractivity contribution in [2.75, 3.05) is 10.2 Å². The fourth-order valence-corrected chi connectivity index (χ4v) is 6.97. The highest BCUT2D eigenvalue weighted by molar-refractivity contribution is 6.23. The van der Waals surface area contributed by atoms with Crippen LogP contribution in [0.5, 0.6) is 11.5 Å². The van der Waals surface area contributed by atoms with Gasteiger partial charge in [0.05, 0.1) is 17.5 Å². The van der Waals surface area contributed by atoms with Gasteiger partial charge in [-0.25, -0.2) is 4.90 Å². The lowest BCUT2D eigenvalue weighted by Gasteiger charge is -2.37. The summed E-state index contributed by atoms with van der Waals surface area (Å²) in [5.74, 6) is 1.76. The van der Waals surface area contributed by atoms with Crippen LogP contribution in [0.2, 0.25) is 0 Å². The maximum atomic E-state index is 13.5. The molecule has 1 N–H and O–H groups in total. The van der Waals surface area contributed by atoms with Gasteiger partial charge in [-0.15, -0.1) is 0 Å². The van der Waals surface area contributed by atoms with E-state index in [2.05, 4.69) is 50.4 Å². The minimum atomic E-state index is -0.312.